The summed E-state index contributed by atoms with van der Waals surface area (Å²) in [5, 5.41) is 2.82. The van der Waals surface area contributed by atoms with E-state index in [1.165, 1.54) is 5.57 Å². The van der Waals surface area contributed by atoms with Gasteiger partial charge in [-0.1, -0.05) is 18.2 Å². The molecule has 0 aliphatic carbocycles. The molecule has 0 unspecified atom stereocenters. The van der Waals surface area contributed by atoms with E-state index in [1.807, 2.05) is 36.5 Å². The lowest BCUT2D eigenvalue weighted by molar-refractivity contribution is 0.119. The molecule has 0 aromatic heterocycles. The molecule has 1 heterocycles. The molecule has 0 saturated carbocycles. The van der Waals surface area contributed by atoms with Crippen LogP contribution in [0.4, 0.5) is 10.5 Å². The maximum Gasteiger partial charge on any atom is 0.325 e. The average molecular weight is 246 g/mol. The van der Waals surface area contributed by atoms with Gasteiger partial charge < -0.3 is 10.1 Å². The lowest BCUT2D eigenvalue weighted by Crippen LogP contribution is -2.34. The first-order valence-corrected chi connectivity index (χ1v) is 6.12. The van der Waals surface area contributed by atoms with Gasteiger partial charge in [0, 0.05) is 18.9 Å². The molecular weight excluding hydrogens is 228 g/mol. The van der Waals surface area contributed by atoms with Crippen LogP contribution >= 0.6 is 0 Å². The monoisotopic (exact) mass is 246 g/mol. The Hall–Kier alpha value is -1.81. The van der Waals surface area contributed by atoms with Gasteiger partial charge in [-0.05, 0) is 30.5 Å². The van der Waals surface area contributed by atoms with Crippen molar-refractivity contribution in [2.45, 2.75) is 12.8 Å². The second kappa shape index (κ2) is 6.21. The van der Waals surface area contributed by atoms with Crippen LogP contribution in [0.3, 0.4) is 0 Å². The molecule has 18 heavy (non-hydrogen) atoms. The van der Waals surface area contributed by atoms with E-state index in [1.54, 1.807) is 11.9 Å². The van der Waals surface area contributed by atoms with Gasteiger partial charge in [-0.3, -0.25) is 4.90 Å². The lowest BCUT2D eigenvalue weighted by atomic mass is 10.1. The summed E-state index contributed by atoms with van der Waals surface area (Å²) in [6.45, 7) is 1.49. The minimum atomic E-state index is -0.125. The number of nitrogens with zero attached hydrogens (tertiary/aromatic N) is 1. The van der Waals surface area contributed by atoms with Crippen molar-refractivity contribution in [3.8, 4) is 0 Å². The molecule has 1 aromatic carbocycles. The molecule has 96 valence electrons. The maximum absolute atomic E-state index is 11.9. The summed E-state index contributed by atoms with van der Waals surface area (Å²) in [6.07, 6.45) is 3.61. The predicted octanol–water partition coefficient (Wildman–Crippen LogP) is 2.53. The van der Waals surface area contributed by atoms with Gasteiger partial charge in [0.05, 0.1) is 13.2 Å². The standard InChI is InChI=1S/C14H18N2O2/c1-16(13-5-3-2-4-6-13)14(17)15-11-12-7-9-18-10-8-12/h2-6,11H,7-10H2,1H3,(H,15,17). The van der Waals surface area contributed by atoms with E-state index in [0.29, 0.717) is 0 Å². The minimum absolute atomic E-state index is 0.125. The molecule has 1 fully saturated rings. The number of carbonyl (C=O) groups is 1. The fourth-order valence-electron chi connectivity index (χ4n) is 1.81. The highest BCUT2D eigenvalue weighted by atomic mass is 16.5. The molecule has 4 nitrogen and oxygen atoms in total. The quantitative estimate of drug-likeness (QED) is 0.871. The van der Waals surface area contributed by atoms with Crippen molar-refractivity contribution in [1.29, 1.82) is 0 Å². The average Bonchev–Trinajstić information content (AvgIpc) is 2.46. The Balaban J connectivity index is 1.91. The van der Waals surface area contributed by atoms with Gasteiger partial charge in [0.15, 0.2) is 0 Å². The summed E-state index contributed by atoms with van der Waals surface area (Å²) in [4.78, 5) is 13.5. The molecule has 0 spiro atoms. The van der Waals surface area contributed by atoms with E-state index in [0.717, 1.165) is 31.7 Å². The number of hydrogen-bond donors (Lipinski definition) is 1. The summed E-state index contributed by atoms with van der Waals surface area (Å²) in [5.74, 6) is 0. The van der Waals surface area contributed by atoms with Crippen LogP contribution in [-0.2, 0) is 4.74 Å². The summed E-state index contributed by atoms with van der Waals surface area (Å²) in [5.41, 5.74) is 2.11. The van der Waals surface area contributed by atoms with Crippen molar-refractivity contribution in [2.75, 3.05) is 25.2 Å². The number of amides is 2. The van der Waals surface area contributed by atoms with Crippen LogP contribution in [0.5, 0.6) is 0 Å². The van der Waals surface area contributed by atoms with Gasteiger partial charge in [-0.15, -0.1) is 0 Å². The Morgan fingerprint density at radius 1 is 1.28 bits per heavy atom. The summed E-state index contributed by atoms with van der Waals surface area (Å²) in [6, 6.07) is 9.44. The van der Waals surface area contributed by atoms with Crippen molar-refractivity contribution in [3.63, 3.8) is 0 Å². The molecule has 1 aromatic rings. The number of urea groups is 1. The van der Waals surface area contributed by atoms with Gasteiger partial charge in [0.25, 0.3) is 0 Å². The van der Waals surface area contributed by atoms with Crippen molar-refractivity contribution in [3.05, 3.63) is 42.1 Å². The number of nitrogens with one attached hydrogen (secondary N) is 1. The highest BCUT2D eigenvalue weighted by Crippen LogP contribution is 2.13. The maximum atomic E-state index is 11.9. The van der Waals surface area contributed by atoms with Gasteiger partial charge in [-0.2, -0.15) is 0 Å². The first-order chi connectivity index (χ1) is 8.77. The third kappa shape index (κ3) is 3.34. The van der Waals surface area contributed by atoms with Crippen LogP contribution in [-0.4, -0.2) is 26.3 Å². The molecule has 0 radical (unpaired) electrons. The minimum Gasteiger partial charge on any atom is -0.381 e. The molecule has 0 bridgehead atoms. The normalized spacial score (nSPS) is 15.1. The lowest BCUT2D eigenvalue weighted by Gasteiger charge is -2.18. The molecule has 1 aliphatic heterocycles. The van der Waals surface area contributed by atoms with E-state index >= 15 is 0 Å². The van der Waals surface area contributed by atoms with Crippen LogP contribution in [0.2, 0.25) is 0 Å². The topological polar surface area (TPSA) is 41.6 Å². The van der Waals surface area contributed by atoms with Crippen molar-refractivity contribution < 1.29 is 9.53 Å². The second-order valence-corrected chi connectivity index (χ2v) is 4.26. The first-order valence-electron chi connectivity index (χ1n) is 6.12. The van der Waals surface area contributed by atoms with E-state index in [9.17, 15) is 4.79 Å². The van der Waals surface area contributed by atoms with Crippen LogP contribution in [0.1, 0.15) is 12.8 Å². The summed E-state index contributed by atoms with van der Waals surface area (Å²) >= 11 is 0. The Morgan fingerprint density at radius 2 is 1.94 bits per heavy atom. The SMILES string of the molecule is CN(C(=O)NC=C1CCOCC1)c1ccccc1. The number of para-hydroxylation sites is 1. The van der Waals surface area contributed by atoms with Gasteiger partial charge in [0.1, 0.15) is 0 Å². The molecule has 1 aliphatic rings. The molecule has 1 N–H and O–H groups in total. The molecule has 2 amide bonds. The Bertz CT molecular complexity index is 421. The molecule has 4 heteroatoms. The van der Waals surface area contributed by atoms with Crippen molar-refractivity contribution in [1.82, 2.24) is 5.32 Å². The number of hydrogen-bond acceptors (Lipinski definition) is 2. The molecule has 0 atom stereocenters. The summed E-state index contributed by atoms with van der Waals surface area (Å²) in [7, 11) is 1.76. The highest BCUT2D eigenvalue weighted by molar-refractivity contribution is 5.91. The van der Waals surface area contributed by atoms with E-state index in [-0.39, 0.29) is 6.03 Å². The Morgan fingerprint density at radius 3 is 2.61 bits per heavy atom. The highest BCUT2D eigenvalue weighted by Gasteiger charge is 2.10. The Kier molecular flexibility index (Phi) is 4.36. The van der Waals surface area contributed by atoms with Crippen molar-refractivity contribution >= 4 is 11.7 Å². The van der Waals surface area contributed by atoms with Crippen LogP contribution in [0.25, 0.3) is 0 Å². The predicted molar refractivity (Wildman–Crippen MR) is 71.5 cm³/mol. The van der Waals surface area contributed by atoms with E-state index in [4.69, 9.17) is 4.74 Å². The zero-order valence-electron chi connectivity index (χ0n) is 10.6. The molecule has 1 saturated heterocycles. The first kappa shape index (κ1) is 12.6. The molecule has 2 rings (SSSR count). The Labute approximate surface area is 107 Å². The van der Waals surface area contributed by atoms with Gasteiger partial charge in [-0.25, -0.2) is 4.79 Å². The number of rotatable bonds is 2. The molecular formula is C14H18N2O2. The zero-order valence-corrected chi connectivity index (χ0v) is 10.6. The summed E-state index contributed by atoms with van der Waals surface area (Å²) < 4.78 is 5.26. The number of anilines is 1. The van der Waals surface area contributed by atoms with Crippen LogP contribution in [0, 0.1) is 0 Å². The fourth-order valence-corrected chi connectivity index (χ4v) is 1.81. The third-order valence-corrected chi connectivity index (χ3v) is 2.98. The van der Waals surface area contributed by atoms with E-state index < -0.39 is 0 Å². The van der Waals surface area contributed by atoms with Gasteiger partial charge in [0.2, 0.25) is 0 Å². The fraction of sp³-hybridized carbons (Fsp3) is 0.357. The van der Waals surface area contributed by atoms with E-state index in [2.05, 4.69) is 5.32 Å². The van der Waals surface area contributed by atoms with Crippen LogP contribution < -0.4 is 10.2 Å². The van der Waals surface area contributed by atoms with Crippen LogP contribution in [0.15, 0.2) is 42.1 Å². The van der Waals surface area contributed by atoms with Crippen molar-refractivity contribution in [2.24, 2.45) is 0 Å². The number of ether oxygens (including phenoxy) is 1. The smallest absolute Gasteiger partial charge is 0.325 e. The zero-order chi connectivity index (χ0) is 12.8. The number of benzene rings is 1. The van der Waals surface area contributed by atoms with Gasteiger partial charge >= 0.3 is 6.03 Å². The second-order valence-electron chi connectivity index (χ2n) is 4.26. The third-order valence-electron chi connectivity index (χ3n) is 2.98. The number of carbonyl (C=O) groups excluding carboxylic acids is 1. The largest absolute Gasteiger partial charge is 0.381 e.